The third kappa shape index (κ3) is 3.36. The highest BCUT2D eigenvalue weighted by molar-refractivity contribution is 5.32. The van der Waals surface area contributed by atoms with Crippen molar-refractivity contribution in [3.05, 3.63) is 43.2 Å². The smallest absolute Gasteiger partial charge is 0.0919 e. The number of nitrogens with two attached hydrogens (primary N) is 1. The molecule has 0 atom stereocenters. The molecular formula is C8H10N4. The molecule has 12 heavy (non-hydrogen) atoms. The number of anilines is 1. The van der Waals surface area contributed by atoms with E-state index in [1.54, 1.807) is 43.2 Å². The highest BCUT2D eigenvalue weighted by Gasteiger charge is 1.73. The molecule has 2 aromatic heterocycles. The first kappa shape index (κ1) is 8.26. The number of imidazole rings is 1. The van der Waals surface area contributed by atoms with Gasteiger partial charge < -0.3 is 10.7 Å². The molecule has 0 radical (unpaired) electrons. The molecule has 0 aromatic carbocycles. The van der Waals surface area contributed by atoms with Crippen molar-refractivity contribution in [2.45, 2.75) is 0 Å². The van der Waals surface area contributed by atoms with Gasteiger partial charge in [-0.05, 0) is 12.1 Å². The molecule has 0 saturated heterocycles. The largest absolute Gasteiger partial charge is 0.397 e. The van der Waals surface area contributed by atoms with Crippen LogP contribution in [0, 0.1) is 0 Å². The first-order valence-electron chi connectivity index (χ1n) is 3.48. The predicted octanol–water partition coefficient (Wildman–Crippen LogP) is 1.07. The van der Waals surface area contributed by atoms with Gasteiger partial charge in [0.1, 0.15) is 0 Å². The SMILES string of the molecule is Nc1cccnc1.c1c[nH]cn1. The van der Waals surface area contributed by atoms with Gasteiger partial charge in [0.05, 0.1) is 12.0 Å². The summed E-state index contributed by atoms with van der Waals surface area (Å²) in [6, 6.07) is 3.60. The Morgan fingerprint density at radius 1 is 1.25 bits per heavy atom. The molecule has 0 saturated carbocycles. The molecule has 2 heterocycles. The summed E-state index contributed by atoms with van der Waals surface area (Å²) in [6.07, 6.45) is 8.39. The molecule has 4 nitrogen and oxygen atoms in total. The Kier molecular flexibility index (Phi) is 3.37. The maximum absolute atomic E-state index is 5.30. The average Bonchev–Trinajstić information content (AvgIpc) is 2.62. The van der Waals surface area contributed by atoms with E-state index in [1.165, 1.54) is 0 Å². The Labute approximate surface area is 70.5 Å². The van der Waals surface area contributed by atoms with Gasteiger partial charge in [0.2, 0.25) is 0 Å². The Hall–Kier alpha value is -1.84. The number of hydrogen-bond acceptors (Lipinski definition) is 3. The van der Waals surface area contributed by atoms with Gasteiger partial charge >= 0.3 is 0 Å². The van der Waals surface area contributed by atoms with Crippen LogP contribution in [0.15, 0.2) is 43.2 Å². The lowest BCUT2D eigenvalue weighted by Crippen LogP contribution is -1.82. The Balaban J connectivity index is 0.000000127. The van der Waals surface area contributed by atoms with Crippen LogP contribution in [0.25, 0.3) is 0 Å². The number of hydrogen-bond donors (Lipinski definition) is 2. The zero-order valence-corrected chi connectivity index (χ0v) is 6.51. The van der Waals surface area contributed by atoms with Crippen LogP contribution >= 0.6 is 0 Å². The second kappa shape index (κ2) is 4.90. The zero-order valence-electron chi connectivity index (χ0n) is 6.51. The number of rotatable bonds is 0. The minimum Gasteiger partial charge on any atom is -0.397 e. The number of nitrogens with zero attached hydrogens (tertiary/aromatic N) is 2. The van der Waals surface area contributed by atoms with Crippen LogP contribution in [0.1, 0.15) is 0 Å². The van der Waals surface area contributed by atoms with E-state index in [-0.39, 0.29) is 0 Å². The molecule has 0 aliphatic heterocycles. The van der Waals surface area contributed by atoms with E-state index in [4.69, 9.17) is 5.73 Å². The minimum absolute atomic E-state index is 0.711. The summed E-state index contributed by atoms with van der Waals surface area (Å²) < 4.78 is 0. The summed E-state index contributed by atoms with van der Waals surface area (Å²) in [4.78, 5) is 10.2. The quantitative estimate of drug-likeness (QED) is 0.609. The van der Waals surface area contributed by atoms with E-state index in [9.17, 15) is 0 Å². The molecular weight excluding hydrogens is 152 g/mol. The fraction of sp³-hybridized carbons (Fsp3) is 0. The highest BCUT2D eigenvalue weighted by atomic mass is 14.8. The summed E-state index contributed by atoms with van der Waals surface area (Å²) in [5, 5.41) is 0. The van der Waals surface area contributed by atoms with Crippen LogP contribution in [-0.2, 0) is 0 Å². The fourth-order valence-corrected chi connectivity index (χ4v) is 0.591. The molecule has 0 aliphatic rings. The van der Waals surface area contributed by atoms with Crippen LogP contribution < -0.4 is 5.73 Å². The lowest BCUT2D eigenvalue weighted by Gasteiger charge is -1.83. The molecule has 0 spiro atoms. The van der Waals surface area contributed by atoms with E-state index in [2.05, 4.69) is 15.0 Å². The van der Waals surface area contributed by atoms with Crippen molar-refractivity contribution in [2.24, 2.45) is 0 Å². The predicted molar refractivity (Wildman–Crippen MR) is 47.2 cm³/mol. The second-order valence-electron chi connectivity index (χ2n) is 2.05. The van der Waals surface area contributed by atoms with Crippen molar-refractivity contribution in [1.29, 1.82) is 0 Å². The highest BCUT2D eigenvalue weighted by Crippen LogP contribution is 1.92. The lowest BCUT2D eigenvalue weighted by atomic mass is 10.4. The molecule has 0 unspecified atom stereocenters. The van der Waals surface area contributed by atoms with Gasteiger partial charge in [-0.2, -0.15) is 0 Å². The van der Waals surface area contributed by atoms with Gasteiger partial charge in [-0.25, -0.2) is 4.98 Å². The third-order valence-electron chi connectivity index (χ3n) is 1.09. The molecule has 2 rings (SSSR count). The zero-order chi connectivity index (χ0) is 8.65. The van der Waals surface area contributed by atoms with Gasteiger partial charge in [-0.15, -0.1) is 0 Å². The monoisotopic (exact) mass is 162 g/mol. The van der Waals surface area contributed by atoms with E-state index in [0.717, 1.165) is 0 Å². The summed E-state index contributed by atoms with van der Waals surface area (Å²) in [5.74, 6) is 0. The minimum atomic E-state index is 0.711. The normalized spacial score (nSPS) is 8.33. The molecule has 3 N–H and O–H groups in total. The molecule has 0 amide bonds. The van der Waals surface area contributed by atoms with Crippen LogP contribution in [0.5, 0.6) is 0 Å². The van der Waals surface area contributed by atoms with E-state index >= 15 is 0 Å². The van der Waals surface area contributed by atoms with E-state index < -0.39 is 0 Å². The van der Waals surface area contributed by atoms with Gasteiger partial charge in [-0.1, -0.05) is 0 Å². The second-order valence-corrected chi connectivity index (χ2v) is 2.05. The standard InChI is InChI=1S/C5H6N2.C3H4N2/c6-5-2-1-3-7-4-5;1-2-5-3-4-1/h1-4H,6H2;1-3H,(H,4,5). The van der Waals surface area contributed by atoms with Crippen molar-refractivity contribution in [3.8, 4) is 0 Å². The van der Waals surface area contributed by atoms with E-state index in [0.29, 0.717) is 5.69 Å². The number of aromatic amines is 1. The number of nitrogens with one attached hydrogen (secondary N) is 1. The molecule has 62 valence electrons. The van der Waals surface area contributed by atoms with Gasteiger partial charge in [-0.3, -0.25) is 4.98 Å². The Morgan fingerprint density at radius 2 is 2.17 bits per heavy atom. The van der Waals surface area contributed by atoms with Crippen LogP contribution in [0.4, 0.5) is 5.69 Å². The average molecular weight is 162 g/mol. The molecule has 0 fully saturated rings. The van der Waals surface area contributed by atoms with Crippen molar-refractivity contribution >= 4 is 5.69 Å². The number of aromatic nitrogens is 3. The van der Waals surface area contributed by atoms with Gasteiger partial charge in [0.15, 0.2) is 0 Å². The first-order chi connectivity index (χ1) is 5.89. The summed E-state index contributed by atoms with van der Waals surface area (Å²) in [6.45, 7) is 0. The molecule has 4 heteroatoms. The van der Waals surface area contributed by atoms with Crippen LogP contribution in [0.2, 0.25) is 0 Å². The molecule has 2 aromatic rings. The topological polar surface area (TPSA) is 67.6 Å². The number of nitrogen functional groups attached to an aromatic ring is 1. The fourth-order valence-electron chi connectivity index (χ4n) is 0.591. The maximum atomic E-state index is 5.30. The Bertz CT molecular complexity index is 260. The maximum Gasteiger partial charge on any atom is 0.0919 e. The summed E-state index contributed by atoms with van der Waals surface area (Å²) in [7, 11) is 0. The van der Waals surface area contributed by atoms with Crippen LogP contribution in [-0.4, -0.2) is 15.0 Å². The summed E-state index contributed by atoms with van der Waals surface area (Å²) in [5.41, 5.74) is 6.01. The molecule has 0 aliphatic carbocycles. The van der Waals surface area contributed by atoms with Gasteiger partial charge in [0, 0.05) is 24.8 Å². The third-order valence-corrected chi connectivity index (χ3v) is 1.09. The van der Waals surface area contributed by atoms with Crippen LogP contribution in [0.3, 0.4) is 0 Å². The number of pyridine rings is 1. The Morgan fingerprint density at radius 3 is 2.42 bits per heavy atom. The number of H-pyrrole nitrogens is 1. The van der Waals surface area contributed by atoms with Crippen molar-refractivity contribution in [3.63, 3.8) is 0 Å². The van der Waals surface area contributed by atoms with E-state index in [1.807, 2.05) is 0 Å². The van der Waals surface area contributed by atoms with Crippen molar-refractivity contribution < 1.29 is 0 Å². The van der Waals surface area contributed by atoms with Crippen molar-refractivity contribution in [2.75, 3.05) is 5.73 Å². The first-order valence-corrected chi connectivity index (χ1v) is 3.48. The summed E-state index contributed by atoms with van der Waals surface area (Å²) >= 11 is 0. The molecule has 0 bridgehead atoms. The van der Waals surface area contributed by atoms with Gasteiger partial charge in [0.25, 0.3) is 0 Å². The lowest BCUT2D eigenvalue weighted by molar-refractivity contribution is 1.31. The van der Waals surface area contributed by atoms with Crippen molar-refractivity contribution in [1.82, 2.24) is 15.0 Å².